The number of nitrogens with two attached hydrogens (primary N) is 1. The lowest BCUT2D eigenvalue weighted by molar-refractivity contribution is -0.410. The maximum absolute atomic E-state index is 12.4. The number of nitrogens with one attached hydrogen (secondary N) is 1. The van der Waals surface area contributed by atoms with Crippen molar-refractivity contribution >= 4 is 35.0 Å². The van der Waals surface area contributed by atoms with Crippen LogP contribution in [0.4, 0.5) is 5.82 Å². The monoisotopic (exact) mass is 385 g/mol. The van der Waals surface area contributed by atoms with Gasteiger partial charge in [-0.2, -0.15) is 10.5 Å². The number of H-pyrrole nitrogens is 1. The van der Waals surface area contributed by atoms with Crippen LogP contribution >= 0.6 is 23.4 Å². The number of thioether (sulfide) groups is 1. The number of ketones is 1. The van der Waals surface area contributed by atoms with Crippen molar-refractivity contribution in [3.05, 3.63) is 51.5 Å². The highest BCUT2D eigenvalue weighted by atomic mass is 35.5. The molecular weight excluding hydrogens is 368 g/mol. The van der Waals surface area contributed by atoms with E-state index in [1.54, 1.807) is 24.3 Å². The lowest BCUT2D eigenvalue weighted by Crippen LogP contribution is -2.21. The molecule has 5 nitrogen and oxygen atoms in total. The summed E-state index contributed by atoms with van der Waals surface area (Å²) >= 11 is 7.04. The van der Waals surface area contributed by atoms with Gasteiger partial charge in [-0.25, -0.2) is 4.98 Å². The first-order chi connectivity index (χ1) is 12.4. The van der Waals surface area contributed by atoms with Crippen LogP contribution in [-0.2, 0) is 6.42 Å². The van der Waals surface area contributed by atoms with E-state index in [0.717, 1.165) is 0 Å². The van der Waals surface area contributed by atoms with E-state index < -0.39 is 0 Å². The second-order valence-corrected chi connectivity index (χ2v) is 7.56. The molecule has 0 unspecified atom stereocenters. The van der Waals surface area contributed by atoms with Crippen molar-refractivity contribution < 1.29 is 9.78 Å². The number of rotatable bonds is 6. The average molecular weight is 386 g/mol. The van der Waals surface area contributed by atoms with E-state index in [9.17, 15) is 15.3 Å². The average Bonchev–Trinajstić information content (AvgIpc) is 2.60. The van der Waals surface area contributed by atoms with Gasteiger partial charge in [0.05, 0.1) is 5.75 Å². The van der Waals surface area contributed by atoms with Crippen LogP contribution in [0.3, 0.4) is 0 Å². The number of carbonyl (C=O) groups is 1. The number of hydrogen-bond acceptors (Lipinski definition) is 5. The molecule has 0 bridgehead atoms. The fraction of sp³-hybridized carbons (Fsp3) is 0.263. The van der Waals surface area contributed by atoms with Crippen LogP contribution in [0.25, 0.3) is 0 Å². The first-order valence-electron chi connectivity index (χ1n) is 7.96. The fourth-order valence-corrected chi connectivity index (χ4v) is 3.56. The van der Waals surface area contributed by atoms with Crippen LogP contribution in [0.1, 0.15) is 40.9 Å². The van der Waals surface area contributed by atoms with E-state index in [2.05, 4.69) is 17.1 Å². The van der Waals surface area contributed by atoms with Crippen LogP contribution in [-0.4, -0.2) is 11.5 Å². The molecule has 1 heterocycles. The van der Waals surface area contributed by atoms with E-state index in [-0.39, 0.29) is 23.3 Å². The molecule has 0 radical (unpaired) electrons. The number of anilines is 1. The first kappa shape index (κ1) is 19.8. The predicted molar refractivity (Wildman–Crippen MR) is 102 cm³/mol. The van der Waals surface area contributed by atoms with E-state index in [1.165, 1.54) is 11.8 Å². The molecule has 0 aliphatic heterocycles. The van der Waals surface area contributed by atoms with Crippen molar-refractivity contribution in [3.63, 3.8) is 0 Å². The zero-order valence-electron chi connectivity index (χ0n) is 14.5. The lowest BCUT2D eigenvalue weighted by atomic mass is 9.95. The third-order valence-electron chi connectivity index (χ3n) is 3.70. The minimum Gasteiger partial charge on any atom is -0.293 e. The number of hydrogen-bond donors (Lipinski definition) is 1. The predicted octanol–water partition coefficient (Wildman–Crippen LogP) is 3.65. The smallest absolute Gasteiger partial charge is 0.289 e. The number of nitriles is 2. The van der Waals surface area contributed by atoms with Gasteiger partial charge in [-0.15, -0.1) is 0 Å². The highest BCUT2D eigenvalue weighted by Gasteiger charge is 2.23. The molecule has 0 fully saturated rings. The van der Waals surface area contributed by atoms with Crippen molar-refractivity contribution in [3.8, 4) is 12.1 Å². The molecular formula is C19H18ClN4OS+. The molecule has 1 aromatic carbocycles. The Balaban J connectivity index is 2.33. The summed E-state index contributed by atoms with van der Waals surface area (Å²) in [5.74, 6) is 0.518. The summed E-state index contributed by atoms with van der Waals surface area (Å²) in [5.41, 5.74) is 7.81. The number of aromatic nitrogens is 1. The first-order valence-corrected chi connectivity index (χ1v) is 9.33. The van der Waals surface area contributed by atoms with Gasteiger partial charge in [0.1, 0.15) is 23.3 Å². The molecule has 2 rings (SSSR count). The van der Waals surface area contributed by atoms with Gasteiger partial charge in [0.15, 0.2) is 10.8 Å². The molecule has 0 saturated carbocycles. The second kappa shape index (κ2) is 8.71. The van der Waals surface area contributed by atoms with Crippen LogP contribution in [0.15, 0.2) is 29.3 Å². The number of carbonyl (C=O) groups excluding carboxylic acids is 1. The molecule has 0 atom stereocenters. The summed E-state index contributed by atoms with van der Waals surface area (Å²) in [7, 11) is 0. The van der Waals surface area contributed by atoms with E-state index >= 15 is 0 Å². The van der Waals surface area contributed by atoms with Crippen molar-refractivity contribution in [1.82, 2.24) is 0 Å². The molecule has 7 heteroatoms. The third kappa shape index (κ3) is 4.54. The Labute approximate surface area is 161 Å². The Kier molecular flexibility index (Phi) is 6.63. The summed E-state index contributed by atoms with van der Waals surface area (Å²) in [4.78, 5) is 15.3. The highest BCUT2D eigenvalue weighted by Crippen LogP contribution is 2.28. The summed E-state index contributed by atoms with van der Waals surface area (Å²) < 4.78 is 0. The quantitative estimate of drug-likeness (QED) is 0.603. The van der Waals surface area contributed by atoms with Gasteiger partial charge in [-0.3, -0.25) is 10.5 Å². The van der Waals surface area contributed by atoms with Crippen LogP contribution in [0, 0.1) is 28.6 Å². The van der Waals surface area contributed by atoms with Crippen molar-refractivity contribution in [2.24, 2.45) is 5.92 Å². The maximum Gasteiger partial charge on any atom is 0.289 e. The topological polar surface area (TPSA) is 105 Å². The van der Waals surface area contributed by atoms with Crippen molar-refractivity contribution in [1.29, 1.82) is 10.5 Å². The molecule has 1 aromatic heterocycles. The number of pyridine rings is 1. The zero-order valence-corrected chi connectivity index (χ0v) is 16.0. The number of aromatic amines is 1. The molecule has 0 spiro atoms. The van der Waals surface area contributed by atoms with Crippen molar-refractivity contribution in [2.45, 2.75) is 25.3 Å². The third-order valence-corrected chi connectivity index (χ3v) is 4.95. The van der Waals surface area contributed by atoms with Crippen LogP contribution in [0.2, 0.25) is 5.02 Å². The zero-order chi connectivity index (χ0) is 19.3. The molecule has 26 heavy (non-hydrogen) atoms. The van der Waals surface area contributed by atoms with Crippen molar-refractivity contribution in [2.75, 3.05) is 11.5 Å². The van der Waals surface area contributed by atoms with Crippen LogP contribution < -0.4 is 10.7 Å². The summed E-state index contributed by atoms with van der Waals surface area (Å²) in [6.45, 7) is 4.01. The summed E-state index contributed by atoms with van der Waals surface area (Å²) in [6.07, 6.45) is 0.559. The summed E-state index contributed by atoms with van der Waals surface area (Å²) in [6, 6.07) is 10.9. The molecule has 3 N–H and O–H groups in total. The Morgan fingerprint density at radius 1 is 1.23 bits per heavy atom. The van der Waals surface area contributed by atoms with Gasteiger partial charge in [0, 0.05) is 16.1 Å². The number of benzene rings is 1. The minimum atomic E-state index is -0.0858. The minimum absolute atomic E-state index is 0.0858. The second-order valence-electron chi connectivity index (χ2n) is 6.14. The summed E-state index contributed by atoms with van der Waals surface area (Å²) in [5, 5.41) is 20.0. The maximum atomic E-state index is 12.4. The van der Waals surface area contributed by atoms with Crippen LogP contribution in [0.5, 0.6) is 0 Å². The normalized spacial score (nSPS) is 10.4. The molecule has 132 valence electrons. The number of halogens is 1. The Hall–Kier alpha value is -2.54. The largest absolute Gasteiger partial charge is 0.293 e. The molecule has 0 aliphatic rings. The molecule has 0 aliphatic carbocycles. The number of nitrogens with zero attached hydrogens (tertiary/aromatic N) is 2. The van der Waals surface area contributed by atoms with Gasteiger partial charge in [0.25, 0.3) is 5.82 Å². The van der Waals surface area contributed by atoms with Gasteiger partial charge in [0.2, 0.25) is 0 Å². The molecule has 0 amide bonds. The van der Waals surface area contributed by atoms with Gasteiger partial charge in [-0.05, 0) is 36.6 Å². The van der Waals surface area contributed by atoms with E-state index in [1.807, 2.05) is 13.8 Å². The Morgan fingerprint density at radius 3 is 2.38 bits per heavy atom. The van der Waals surface area contributed by atoms with Gasteiger partial charge in [-0.1, -0.05) is 37.2 Å². The van der Waals surface area contributed by atoms with Gasteiger partial charge < -0.3 is 0 Å². The highest BCUT2D eigenvalue weighted by molar-refractivity contribution is 7.99. The van der Waals surface area contributed by atoms with E-state index in [4.69, 9.17) is 17.3 Å². The molecule has 0 saturated heterocycles. The van der Waals surface area contributed by atoms with E-state index in [0.29, 0.717) is 38.7 Å². The lowest BCUT2D eigenvalue weighted by Gasteiger charge is -2.11. The standard InChI is InChI=1S/C19H17ClN4OS/c1-11(2)7-14-15(8-21)18(23)24-19(16(14)9-22)26-10-17(25)12-3-5-13(20)6-4-12/h3-6,11H,7,10H2,1-2H3,(H2,23,24)/p+1. The Morgan fingerprint density at radius 2 is 1.85 bits per heavy atom. The SMILES string of the molecule is CC(C)Cc1c(C#N)c(N)[nH+]c(SCC(=O)c2ccc(Cl)cc2)c1C#N. The molecule has 2 aromatic rings. The van der Waals surface area contributed by atoms with Gasteiger partial charge >= 0.3 is 0 Å². The fourth-order valence-electron chi connectivity index (χ4n) is 2.50. The Bertz CT molecular complexity index is 911. The number of Topliss-reactive ketones (excluding diaryl/α,β-unsaturated/α-hetero) is 1. The number of nitrogen functional groups attached to an aromatic ring is 1.